The van der Waals surface area contributed by atoms with Gasteiger partial charge in [0, 0.05) is 47.4 Å². The summed E-state index contributed by atoms with van der Waals surface area (Å²) in [6.45, 7) is -17.0. The summed E-state index contributed by atoms with van der Waals surface area (Å²) in [6, 6.07) is 4.51. The Morgan fingerprint density at radius 1 is 1.02 bits per heavy atom. The van der Waals surface area contributed by atoms with Gasteiger partial charge in [-0.25, -0.2) is 4.39 Å². The van der Waals surface area contributed by atoms with Crippen LogP contribution in [0.25, 0.3) is 11.1 Å². The number of alkyl halides is 3. The number of halogens is 4. The van der Waals surface area contributed by atoms with Crippen molar-refractivity contribution in [1.29, 1.82) is 0 Å². The molecule has 0 N–H and O–H groups in total. The van der Waals surface area contributed by atoms with Crippen LogP contribution in [0.4, 0.5) is 17.6 Å². The average Bonchev–Trinajstić information content (AvgIpc) is 3.62. The van der Waals surface area contributed by atoms with E-state index in [2.05, 4.69) is 4.98 Å². The highest BCUT2D eigenvalue weighted by Gasteiger charge is 2.30. The number of carbonyl (C=O) groups excluding carboxylic acids is 1. The number of rotatable bonds is 13. The fraction of sp³-hybridized carbons (Fsp3) is 0.378. The molecule has 1 amide bonds. The number of amides is 1. The molecule has 3 aromatic carbocycles. The molecule has 0 saturated heterocycles. The quantitative estimate of drug-likeness (QED) is 0.0823. The van der Waals surface area contributed by atoms with Crippen LogP contribution in [-0.4, -0.2) is 51.2 Å². The standard InChI is InChI=1S/C37H40F4N4O2S/c1-4-43(5-2)19-20-44(22-29-12-11-28(21-25(29)3)27-13-15-30(16-14-27)37(39,40)41)34(46)23-45-33-8-6-7-32(33)35(47)42-36(45)48-24-26-9-17-31(38)18-10-26/h9-18,21H,4-8,19-20,22-24H2,1-3H3/i4D2,5D2,11D,12D,19D2,20D2,21D,22D2,24D2. The second-order valence-electron chi connectivity index (χ2n) is 10.4. The van der Waals surface area contributed by atoms with E-state index in [1.54, 1.807) is 0 Å². The van der Waals surface area contributed by atoms with E-state index in [-0.39, 0.29) is 56.8 Å². The molecular weight excluding hydrogens is 640 g/mol. The van der Waals surface area contributed by atoms with Crippen molar-refractivity contribution >= 4 is 17.7 Å². The Kier molecular flexibility index (Phi) is 6.63. The largest absolute Gasteiger partial charge is 0.416 e. The lowest BCUT2D eigenvalue weighted by atomic mass is 9.98. The van der Waals surface area contributed by atoms with Gasteiger partial charge in [-0.3, -0.25) is 9.59 Å². The van der Waals surface area contributed by atoms with E-state index in [1.807, 2.05) is 0 Å². The molecule has 1 aliphatic carbocycles. The molecule has 0 spiro atoms. The van der Waals surface area contributed by atoms with Crippen molar-refractivity contribution in [2.24, 2.45) is 0 Å². The minimum Gasteiger partial charge on any atom is -0.336 e. The third-order valence-electron chi connectivity index (χ3n) is 7.29. The number of nitrogens with zero attached hydrogens (tertiary/aromatic N) is 4. The van der Waals surface area contributed by atoms with Crippen molar-refractivity contribution < 1.29 is 42.9 Å². The van der Waals surface area contributed by atoms with Gasteiger partial charge in [-0.2, -0.15) is 18.2 Å². The lowest BCUT2D eigenvalue weighted by molar-refractivity contribution is -0.137. The van der Waals surface area contributed by atoms with E-state index in [9.17, 15) is 27.8 Å². The van der Waals surface area contributed by atoms with Crippen molar-refractivity contribution in [3.63, 3.8) is 0 Å². The van der Waals surface area contributed by atoms with Crippen LogP contribution in [0.2, 0.25) is 0 Å². The number of likely N-dealkylation sites (N-methyl/N-ethyl adjacent to an activating group) is 1. The smallest absolute Gasteiger partial charge is 0.336 e. The third kappa shape index (κ3) is 8.54. The highest BCUT2D eigenvalue weighted by atomic mass is 32.2. The van der Waals surface area contributed by atoms with Crippen molar-refractivity contribution in [3.05, 3.63) is 116 Å². The summed E-state index contributed by atoms with van der Waals surface area (Å²) in [7, 11) is 0. The minimum absolute atomic E-state index is 0.0692. The molecule has 48 heavy (non-hydrogen) atoms. The van der Waals surface area contributed by atoms with Gasteiger partial charge < -0.3 is 14.4 Å². The topological polar surface area (TPSA) is 58.4 Å². The molecule has 0 bridgehead atoms. The molecule has 6 nitrogen and oxygen atoms in total. The zero-order valence-electron chi connectivity index (χ0n) is 41.0. The predicted molar refractivity (Wildman–Crippen MR) is 181 cm³/mol. The number of aromatic nitrogens is 2. The van der Waals surface area contributed by atoms with Crippen LogP contribution in [0.5, 0.6) is 0 Å². The summed E-state index contributed by atoms with van der Waals surface area (Å²) in [5.41, 5.74) is -6.53. The fourth-order valence-corrected chi connectivity index (χ4v) is 5.58. The Morgan fingerprint density at radius 3 is 2.40 bits per heavy atom. The predicted octanol–water partition coefficient (Wildman–Crippen LogP) is 7.53. The van der Waals surface area contributed by atoms with Crippen LogP contribution < -0.4 is 5.56 Å². The molecule has 0 saturated carbocycles. The number of carbonyl (C=O) groups is 1. The maximum absolute atomic E-state index is 15.0. The van der Waals surface area contributed by atoms with Gasteiger partial charge in [0.15, 0.2) is 5.16 Å². The van der Waals surface area contributed by atoms with Crippen LogP contribution >= 0.6 is 11.8 Å². The number of fused-ring (bicyclic) bond motifs is 1. The van der Waals surface area contributed by atoms with Gasteiger partial charge in [-0.1, -0.05) is 68.0 Å². The average molecular weight is 696 g/mol. The van der Waals surface area contributed by atoms with Crippen LogP contribution in [0.15, 0.2) is 76.6 Å². The summed E-state index contributed by atoms with van der Waals surface area (Å²) in [5.74, 6) is -2.41. The van der Waals surface area contributed by atoms with Gasteiger partial charge in [0.2, 0.25) is 5.91 Å². The maximum Gasteiger partial charge on any atom is 0.416 e. The van der Waals surface area contributed by atoms with Crippen molar-refractivity contribution in [3.8, 4) is 11.1 Å². The van der Waals surface area contributed by atoms with E-state index in [0.717, 1.165) is 47.9 Å². The normalized spacial score (nSPS) is 19.2. The van der Waals surface area contributed by atoms with E-state index in [1.165, 1.54) is 0 Å². The third-order valence-corrected chi connectivity index (χ3v) is 8.13. The van der Waals surface area contributed by atoms with Crippen molar-refractivity contribution in [1.82, 2.24) is 19.4 Å². The Hall–Kier alpha value is -3.96. The van der Waals surface area contributed by atoms with Gasteiger partial charge in [-0.05, 0) is 91.3 Å². The molecule has 4 aromatic rings. The second-order valence-corrected chi connectivity index (χ2v) is 11.2. The van der Waals surface area contributed by atoms with E-state index in [4.69, 9.17) is 15.1 Å². The number of benzene rings is 3. The number of hydrogen-bond donors (Lipinski definition) is 0. The maximum atomic E-state index is 15.0. The number of thioether (sulfide) groups is 1. The first-order valence-corrected chi connectivity index (χ1v) is 15.4. The molecule has 0 fully saturated rings. The Balaban J connectivity index is 1.77. The molecule has 1 heterocycles. The highest BCUT2D eigenvalue weighted by molar-refractivity contribution is 7.98. The van der Waals surface area contributed by atoms with Crippen molar-refractivity contribution in [2.75, 3.05) is 26.0 Å². The summed E-state index contributed by atoms with van der Waals surface area (Å²) < 4.78 is 188. The van der Waals surface area contributed by atoms with Crippen LogP contribution in [0.3, 0.4) is 0 Å². The Morgan fingerprint density at radius 2 is 1.73 bits per heavy atom. The summed E-state index contributed by atoms with van der Waals surface area (Å²) in [6.07, 6.45) is -4.23. The Labute approximate surface area is 303 Å². The molecule has 5 rings (SSSR count). The van der Waals surface area contributed by atoms with Crippen LogP contribution in [0.1, 0.15) is 74.3 Å². The molecule has 0 atom stereocenters. The minimum atomic E-state index is -4.76. The van der Waals surface area contributed by atoms with Crippen LogP contribution in [0, 0.1) is 12.7 Å². The van der Waals surface area contributed by atoms with E-state index in [0.29, 0.717) is 32.4 Å². The van der Waals surface area contributed by atoms with Crippen LogP contribution in [-0.2, 0) is 42.6 Å². The Bertz CT molecular complexity index is 2430. The summed E-state index contributed by atoms with van der Waals surface area (Å²) >= 11 is 0.285. The first-order chi connectivity index (χ1) is 28.6. The van der Waals surface area contributed by atoms with Gasteiger partial charge in [0.05, 0.1) is 15.2 Å². The van der Waals surface area contributed by atoms with Gasteiger partial charge in [0.1, 0.15) is 12.4 Å². The molecule has 0 unspecified atom stereocenters. The van der Waals surface area contributed by atoms with Crippen molar-refractivity contribution in [2.45, 2.75) is 70.1 Å². The zero-order valence-corrected chi connectivity index (χ0v) is 26.8. The fourth-order valence-electron chi connectivity index (χ4n) is 4.83. The molecular formula is C37H40F4N4O2S. The van der Waals surface area contributed by atoms with Gasteiger partial charge in [0.25, 0.3) is 5.56 Å². The molecule has 0 aliphatic heterocycles. The second kappa shape index (κ2) is 15.5. The zero-order chi connectivity index (χ0) is 47.8. The monoisotopic (exact) mass is 695 g/mol. The number of hydrogen-bond acceptors (Lipinski definition) is 5. The van der Waals surface area contributed by atoms with E-state index < -0.39 is 114 Å². The summed E-state index contributed by atoms with van der Waals surface area (Å²) in [4.78, 5) is 31.7. The first-order valence-electron chi connectivity index (χ1n) is 22.1. The van der Waals surface area contributed by atoms with Gasteiger partial charge in [-0.15, -0.1) is 0 Å². The molecule has 11 heteroatoms. The molecule has 0 radical (unpaired) electrons. The molecule has 1 aliphatic rings. The lowest BCUT2D eigenvalue weighted by Gasteiger charge is -2.28. The summed E-state index contributed by atoms with van der Waals surface area (Å²) in [5, 5.41) is -0.496. The molecule has 1 aromatic heterocycles. The van der Waals surface area contributed by atoms with E-state index >= 15 is 4.79 Å². The molecule has 254 valence electrons. The SMILES string of the molecule is [2H]c1c([2H])c(C([2H])([2H])N(C(=O)Cn2c(SC([2H])([2H])c3ccc(F)cc3)nc(=O)c3c2CCC3)C([2H])([2H])C([2H])([2H])N(C([2H])([2H])C)C([2H])([2H])C)c(C)c([2H])c1-c1ccc(C(F)(F)F)cc1. The first kappa shape index (κ1) is 20.5. The highest BCUT2D eigenvalue weighted by Crippen LogP contribution is 2.32. The lowest BCUT2D eigenvalue weighted by Crippen LogP contribution is -2.40. The van der Waals surface area contributed by atoms with Gasteiger partial charge >= 0.3 is 6.18 Å².